The van der Waals surface area contributed by atoms with Crippen LogP contribution in [0.25, 0.3) is 0 Å². The smallest absolute Gasteiger partial charge is 0.323 e. The van der Waals surface area contributed by atoms with Gasteiger partial charge in [0.25, 0.3) is 0 Å². The number of carbonyl (C=O) groups excluding carboxylic acids is 1. The van der Waals surface area contributed by atoms with Crippen LogP contribution < -0.4 is 4.90 Å². The first-order valence-corrected chi connectivity index (χ1v) is 8.53. The van der Waals surface area contributed by atoms with Crippen molar-refractivity contribution in [2.75, 3.05) is 11.4 Å². The molecule has 0 saturated heterocycles. The van der Waals surface area contributed by atoms with Crippen LogP contribution in [0.1, 0.15) is 41.0 Å². The Kier molecular flexibility index (Phi) is 3.71. The number of hydrogen-bond donors (Lipinski definition) is 2. The van der Waals surface area contributed by atoms with Gasteiger partial charge in [0, 0.05) is 11.3 Å². The second kappa shape index (κ2) is 5.92. The molecule has 0 bridgehead atoms. The van der Waals surface area contributed by atoms with E-state index in [1.807, 2.05) is 18.2 Å². The normalized spacial score (nSPS) is 18.8. The van der Waals surface area contributed by atoms with Gasteiger partial charge in [0.15, 0.2) is 0 Å². The fraction of sp³-hybridized carbons (Fsp3) is 0.300. The number of fused-ring (bicyclic) bond motifs is 2. The van der Waals surface area contributed by atoms with Gasteiger partial charge in [-0.25, -0.2) is 0 Å². The summed E-state index contributed by atoms with van der Waals surface area (Å²) in [6.07, 6.45) is 4.12. The van der Waals surface area contributed by atoms with Crippen molar-refractivity contribution in [2.45, 2.75) is 31.6 Å². The van der Waals surface area contributed by atoms with Gasteiger partial charge < -0.3 is 15.1 Å². The Morgan fingerprint density at radius 2 is 1.76 bits per heavy atom. The topological polar surface area (TPSA) is 77.8 Å². The van der Waals surface area contributed by atoms with E-state index >= 15 is 0 Å². The minimum atomic E-state index is -1.06. The highest BCUT2D eigenvalue weighted by molar-refractivity contribution is 6.09. The van der Waals surface area contributed by atoms with Crippen LogP contribution in [0.4, 0.5) is 5.69 Å². The zero-order valence-corrected chi connectivity index (χ0v) is 13.7. The Hall–Kier alpha value is -2.82. The maximum atomic E-state index is 13.0. The Morgan fingerprint density at radius 3 is 2.48 bits per heavy atom. The molecule has 1 unspecified atom stereocenters. The van der Waals surface area contributed by atoms with Crippen LogP contribution in [0.2, 0.25) is 0 Å². The highest BCUT2D eigenvalue weighted by Gasteiger charge is 2.40. The maximum absolute atomic E-state index is 13.0. The van der Waals surface area contributed by atoms with E-state index in [2.05, 4.69) is 0 Å². The summed E-state index contributed by atoms with van der Waals surface area (Å²) in [5, 5.41) is 19.7. The average molecular weight is 337 g/mol. The third-order valence-electron chi connectivity index (χ3n) is 5.15. The molecule has 128 valence electrons. The lowest BCUT2D eigenvalue weighted by Gasteiger charge is -2.20. The number of nitrogens with zero attached hydrogens (tertiary/aromatic N) is 1. The number of para-hydroxylation sites is 1. The zero-order chi connectivity index (χ0) is 17.6. The van der Waals surface area contributed by atoms with Crippen LogP contribution in [0.3, 0.4) is 0 Å². The van der Waals surface area contributed by atoms with Crippen molar-refractivity contribution in [1.82, 2.24) is 0 Å². The Labute approximate surface area is 145 Å². The molecule has 2 aromatic rings. The van der Waals surface area contributed by atoms with E-state index < -0.39 is 11.9 Å². The molecule has 0 radical (unpaired) electrons. The van der Waals surface area contributed by atoms with E-state index in [0.29, 0.717) is 11.3 Å². The van der Waals surface area contributed by atoms with Crippen LogP contribution in [0.5, 0.6) is 5.75 Å². The largest absolute Gasteiger partial charge is 0.508 e. The number of benzene rings is 2. The van der Waals surface area contributed by atoms with Crippen molar-refractivity contribution in [3.8, 4) is 5.75 Å². The molecule has 25 heavy (non-hydrogen) atoms. The zero-order valence-electron chi connectivity index (χ0n) is 13.7. The van der Waals surface area contributed by atoms with Crippen LogP contribution in [-0.2, 0) is 22.4 Å². The highest BCUT2D eigenvalue weighted by Crippen LogP contribution is 2.44. The van der Waals surface area contributed by atoms with Crippen molar-refractivity contribution in [3.63, 3.8) is 0 Å². The lowest BCUT2D eigenvalue weighted by atomic mass is 9.85. The van der Waals surface area contributed by atoms with Crippen molar-refractivity contribution in [3.05, 3.63) is 58.7 Å². The summed E-state index contributed by atoms with van der Waals surface area (Å²) in [5.41, 5.74) is 4.26. The predicted octanol–water partition coefficient (Wildman–Crippen LogP) is 2.83. The van der Waals surface area contributed by atoms with Gasteiger partial charge in [0.05, 0.1) is 5.92 Å². The predicted molar refractivity (Wildman–Crippen MR) is 93.0 cm³/mol. The minimum Gasteiger partial charge on any atom is -0.508 e. The lowest BCUT2D eigenvalue weighted by Crippen LogP contribution is -2.34. The van der Waals surface area contributed by atoms with Crippen LogP contribution in [0, 0.1) is 0 Å². The maximum Gasteiger partial charge on any atom is 0.323 e. The highest BCUT2D eigenvalue weighted by atomic mass is 16.4. The molecule has 5 nitrogen and oxygen atoms in total. The molecule has 0 fully saturated rings. The molecule has 2 aliphatic rings. The number of carboxylic acid groups (broad SMARTS) is 1. The molecular formula is C20H19NO4. The van der Waals surface area contributed by atoms with Crippen molar-refractivity contribution >= 4 is 17.6 Å². The number of carboxylic acids is 1. The molecule has 1 aliphatic heterocycles. The first kappa shape index (κ1) is 15.7. The van der Waals surface area contributed by atoms with Gasteiger partial charge in [-0.05, 0) is 54.5 Å². The van der Waals surface area contributed by atoms with Crippen molar-refractivity contribution in [2.24, 2.45) is 0 Å². The summed E-state index contributed by atoms with van der Waals surface area (Å²) in [6.45, 7) is -0.377. The van der Waals surface area contributed by atoms with E-state index in [0.717, 1.165) is 36.8 Å². The molecule has 0 spiro atoms. The minimum absolute atomic E-state index is 0.117. The molecule has 1 amide bonds. The fourth-order valence-electron chi connectivity index (χ4n) is 4.01. The van der Waals surface area contributed by atoms with Crippen molar-refractivity contribution < 1.29 is 19.8 Å². The van der Waals surface area contributed by atoms with E-state index in [4.69, 9.17) is 5.11 Å². The SMILES string of the molecule is O=C(O)CN1C(=O)C(c2cc3c(cc2O)CCCC3)c2ccccc21. The second-order valence-corrected chi connectivity index (χ2v) is 6.70. The van der Waals surface area contributed by atoms with Gasteiger partial charge >= 0.3 is 5.97 Å². The molecular weight excluding hydrogens is 318 g/mol. The molecule has 4 rings (SSSR count). The molecule has 0 saturated carbocycles. The standard InChI is InChI=1S/C20H19NO4/c22-17-10-13-6-2-1-5-12(13)9-15(17)19-14-7-3-4-8-16(14)21(20(19)25)11-18(23)24/h3-4,7-10,19,22H,1-2,5-6,11H2,(H,23,24). The number of rotatable bonds is 3. The second-order valence-electron chi connectivity index (χ2n) is 6.70. The lowest BCUT2D eigenvalue weighted by molar-refractivity contribution is -0.136. The molecule has 1 heterocycles. The first-order valence-electron chi connectivity index (χ1n) is 8.53. The molecule has 0 aromatic heterocycles. The molecule has 1 aliphatic carbocycles. The Bertz CT molecular complexity index is 874. The Morgan fingerprint density at radius 1 is 1.08 bits per heavy atom. The number of aryl methyl sites for hydroxylation is 2. The summed E-state index contributed by atoms with van der Waals surface area (Å²) in [6, 6.07) is 10.9. The fourth-order valence-corrected chi connectivity index (χ4v) is 4.01. The number of aliphatic carboxylic acids is 1. The summed E-state index contributed by atoms with van der Waals surface area (Å²) in [7, 11) is 0. The van der Waals surface area contributed by atoms with Crippen molar-refractivity contribution in [1.29, 1.82) is 0 Å². The summed E-state index contributed by atoms with van der Waals surface area (Å²) >= 11 is 0. The number of aromatic hydroxyl groups is 1. The monoisotopic (exact) mass is 337 g/mol. The number of amides is 1. The molecule has 1 atom stereocenters. The van der Waals surface area contributed by atoms with E-state index in [1.165, 1.54) is 10.5 Å². The first-order chi connectivity index (χ1) is 12.1. The number of anilines is 1. The Balaban J connectivity index is 1.83. The van der Waals surface area contributed by atoms with Gasteiger partial charge in [-0.2, -0.15) is 0 Å². The number of carbonyl (C=O) groups is 2. The van der Waals surface area contributed by atoms with Gasteiger partial charge in [0.1, 0.15) is 12.3 Å². The summed E-state index contributed by atoms with van der Waals surface area (Å²) < 4.78 is 0. The molecule has 5 heteroatoms. The number of phenolic OH excluding ortho intramolecular Hbond substituents is 1. The van der Waals surface area contributed by atoms with Gasteiger partial charge in [-0.3, -0.25) is 9.59 Å². The molecule has 2 aromatic carbocycles. The molecule has 2 N–H and O–H groups in total. The third kappa shape index (κ3) is 2.56. The van der Waals surface area contributed by atoms with Gasteiger partial charge in [-0.1, -0.05) is 24.3 Å². The van der Waals surface area contributed by atoms with E-state index in [9.17, 15) is 14.7 Å². The van der Waals surface area contributed by atoms with E-state index in [-0.39, 0.29) is 18.2 Å². The van der Waals surface area contributed by atoms with Crippen LogP contribution in [0.15, 0.2) is 36.4 Å². The van der Waals surface area contributed by atoms with Gasteiger partial charge in [-0.15, -0.1) is 0 Å². The summed E-state index contributed by atoms with van der Waals surface area (Å²) in [5.74, 6) is -1.89. The quantitative estimate of drug-likeness (QED) is 0.903. The van der Waals surface area contributed by atoms with Crippen LogP contribution in [-0.4, -0.2) is 28.6 Å². The summed E-state index contributed by atoms with van der Waals surface area (Å²) in [4.78, 5) is 25.4. The van der Waals surface area contributed by atoms with Crippen LogP contribution >= 0.6 is 0 Å². The van der Waals surface area contributed by atoms with Gasteiger partial charge in [0.2, 0.25) is 5.91 Å². The third-order valence-corrected chi connectivity index (χ3v) is 5.15. The number of hydrogen-bond acceptors (Lipinski definition) is 3. The number of phenols is 1. The van der Waals surface area contributed by atoms with E-state index in [1.54, 1.807) is 18.2 Å². The average Bonchev–Trinajstić information content (AvgIpc) is 2.86.